The Morgan fingerprint density at radius 2 is 1.04 bits per heavy atom. The van der Waals surface area contributed by atoms with Crippen LogP contribution < -0.4 is 0 Å². The Labute approximate surface area is 170 Å². The van der Waals surface area contributed by atoms with Crippen LogP contribution in [0.25, 0.3) is 0 Å². The van der Waals surface area contributed by atoms with E-state index >= 15 is 0 Å². The fraction of sp³-hybridized carbons (Fsp3) is 0.833. The molecule has 4 atom stereocenters. The zero-order valence-electron chi connectivity index (χ0n) is 19.3. The van der Waals surface area contributed by atoms with Gasteiger partial charge < -0.3 is 8.85 Å². The summed E-state index contributed by atoms with van der Waals surface area (Å²) >= 11 is 0. The molecule has 0 spiro atoms. The van der Waals surface area contributed by atoms with Gasteiger partial charge in [-0.25, -0.2) is 0 Å². The third-order valence-corrected chi connectivity index (χ3v) is 11.6. The van der Waals surface area contributed by atoms with E-state index in [1.165, 1.54) is 38.5 Å². The van der Waals surface area contributed by atoms with Gasteiger partial charge in [0.2, 0.25) is 0 Å². The largest absolute Gasteiger partial charge is 0.398 e. The number of rotatable bonds is 10. The van der Waals surface area contributed by atoms with Gasteiger partial charge in [-0.05, 0) is 72.6 Å². The zero-order valence-corrected chi connectivity index (χ0v) is 20.3. The molecule has 0 aromatic rings. The van der Waals surface area contributed by atoms with Crippen LogP contribution in [0.4, 0.5) is 0 Å². The highest BCUT2D eigenvalue weighted by Gasteiger charge is 2.53. The molecule has 0 N–H and O–H groups in total. The molecular weight excluding hydrogens is 348 g/mol. The van der Waals surface area contributed by atoms with Crippen molar-refractivity contribution in [3.05, 3.63) is 21.5 Å². The SMILES string of the molecule is CCC1=C([Si](OC)(OC)C2=C(CC)C(CC)C(CC)C2)CC(CC)C1CC. The minimum absolute atomic E-state index is 0.725. The van der Waals surface area contributed by atoms with Gasteiger partial charge in [0.1, 0.15) is 0 Å². The van der Waals surface area contributed by atoms with E-state index in [0.29, 0.717) is 0 Å². The maximum Gasteiger partial charge on any atom is 0.398 e. The Morgan fingerprint density at radius 1 is 0.667 bits per heavy atom. The van der Waals surface area contributed by atoms with Crippen molar-refractivity contribution in [1.29, 1.82) is 0 Å². The molecule has 156 valence electrons. The molecule has 2 aliphatic carbocycles. The van der Waals surface area contributed by atoms with Crippen LogP contribution in [-0.2, 0) is 8.85 Å². The van der Waals surface area contributed by atoms with E-state index in [1.807, 2.05) is 14.2 Å². The molecule has 0 aromatic carbocycles. The number of allylic oxidation sites excluding steroid dienone is 4. The summed E-state index contributed by atoms with van der Waals surface area (Å²) in [5, 5.41) is 3.20. The van der Waals surface area contributed by atoms with Gasteiger partial charge in [0.25, 0.3) is 0 Å². The molecule has 0 radical (unpaired) electrons. The van der Waals surface area contributed by atoms with E-state index in [9.17, 15) is 0 Å². The first-order valence-electron chi connectivity index (χ1n) is 11.6. The summed E-state index contributed by atoms with van der Waals surface area (Å²) in [6.45, 7) is 14.1. The lowest BCUT2D eigenvalue weighted by Gasteiger charge is -2.33. The molecule has 0 bridgehead atoms. The second-order valence-corrected chi connectivity index (χ2v) is 11.8. The predicted octanol–water partition coefficient (Wildman–Crippen LogP) is 7.13. The van der Waals surface area contributed by atoms with Crippen LogP contribution in [0.5, 0.6) is 0 Å². The summed E-state index contributed by atoms with van der Waals surface area (Å²) in [5.74, 6) is 2.99. The topological polar surface area (TPSA) is 18.5 Å². The highest BCUT2D eigenvalue weighted by Crippen LogP contribution is 2.52. The lowest BCUT2D eigenvalue weighted by Crippen LogP contribution is -2.46. The molecule has 2 rings (SSSR count). The highest BCUT2D eigenvalue weighted by atomic mass is 28.4. The lowest BCUT2D eigenvalue weighted by atomic mass is 9.86. The molecule has 2 aliphatic rings. The average Bonchev–Trinajstić information content (AvgIpc) is 3.26. The third kappa shape index (κ3) is 3.76. The summed E-state index contributed by atoms with van der Waals surface area (Å²) in [5.41, 5.74) is 3.35. The minimum Gasteiger partial charge on any atom is -0.391 e. The normalized spacial score (nSPS) is 29.3. The Hall–Kier alpha value is -0.383. The molecule has 3 heteroatoms. The smallest absolute Gasteiger partial charge is 0.391 e. The molecule has 0 saturated carbocycles. The molecule has 2 nitrogen and oxygen atoms in total. The van der Waals surface area contributed by atoms with Gasteiger partial charge in [-0.2, -0.15) is 0 Å². The van der Waals surface area contributed by atoms with Crippen molar-refractivity contribution in [2.75, 3.05) is 14.2 Å². The van der Waals surface area contributed by atoms with Crippen molar-refractivity contribution in [3.63, 3.8) is 0 Å². The van der Waals surface area contributed by atoms with Crippen molar-refractivity contribution in [2.45, 2.75) is 92.9 Å². The van der Waals surface area contributed by atoms with Gasteiger partial charge in [-0.15, -0.1) is 0 Å². The first-order chi connectivity index (χ1) is 13.0. The predicted molar refractivity (Wildman–Crippen MR) is 119 cm³/mol. The van der Waals surface area contributed by atoms with Crippen LogP contribution in [0.15, 0.2) is 21.5 Å². The molecule has 0 amide bonds. The van der Waals surface area contributed by atoms with Crippen molar-refractivity contribution >= 4 is 8.56 Å². The van der Waals surface area contributed by atoms with Crippen molar-refractivity contribution < 1.29 is 8.85 Å². The monoisotopic (exact) mass is 392 g/mol. The van der Waals surface area contributed by atoms with Crippen LogP contribution in [0, 0.1) is 23.7 Å². The first kappa shape index (κ1) is 22.9. The molecule has 4 unspecified atom stereocenters. The van der Waals surface area contributed by atoms with Gasteiger partial charge in [-0.3, -0.25) is 0 Å². The fourth-order valence-corrected chi connectivity index (χ4v) is 10.7. The van der Waals surface area contributed by atoms with E-state index in [-0.39, 0.29) is 0 Å². The second kappa shape index (κ2) is 9.89. The van der Waals surface area contributed by atoms with Crippen LogP contribution in [0.3, 0.4) is 0 Å². The molecule has 27 heavy (non-hydrogen) atoms. The summed E-state index contributed by atoms with van der Waals surface area (Å²) in [6.07, 6.45) is 9.71. The third-order valence-electron chi connectivity index (χ3n) is 7.80. The van der Waals surface area contributed by atoms with Crippen LogP contribution in [-0.4, -0.2) is 22.8 Å². The van der Waals surface area contributed by atoms with Gasteiger partial charge in [-0.1, -0.05) is 65.5 Å². The lowest BCUT2D eigenvalue weighted by molar-refractivity contribution is 0.257. The van der Waals surface area contributed by atoms with Crippen LogP contribution in [0.1, 0.15) is 92.9 Å². The van der Waals surface area contributed by atoms with E-state index in [4.69, 9.17) is 8.85 Å². The average molecular weight is 393 g/mol. The second-order valence-electron chi connectivity index (χ2n) is 8.51. The standard InChI is InChI=1S/C24H44O2Si/c1-9-17-15-23(21(13-5)19(17)11-3)27(25-7,26-8)24-16-18(10-2)20(12-4)22(24)14-6/h17-20H,9-16H2,1-8H3. The van der Waals surface area contributed by atoms with Gasteiger partial charge in [0.05, 0.1) is 0 Å². The minimum atomic E-state index is -2.52. The maximum atomic E-state index is 6.49. The van der Waals surface area contributed by atoms with Gasteiger partial charge in [0, 0.05) is 14.2 Å². The summed E-state index contributed by atoms with van der Waals surface area (Å²) in [6, 6.07) is 0. The van der Waals surface area contributed by atoms with E-state index in [0.717, 1.165) is 36.5 Å². The van der Waals surface area contributed by atoms with Gasteiger partial charge >= 0.3 is 8.56 Å². The molecule has 0 saturated heterocycles. The zero-order chi connectivity index (χ0) is 20.2. The fourth-order valence-electron chi connectivity index (χ4n) is 6.51. The van der Waals surface area contributed by atoms with Crippen LogP contribution in [0.2, 0.25) is 0 Å². The Morgan fingerprint density at radius 3 is 1.26 bits per heavy atom. The number of hydrogen-bond donors (Lipinski definition) is 0. The van der Waals surface area contributed by atoms with Crippen molar-refractivity contribution in [2.24, 2.45) is 23.7 Å². The molecule has 0 aliphatic heterocycles. The van der Waals surface area contributed by atoms with E-state index in [1.54, 1.807) is 21.5 Å². The maximum absolute atomic E-state index is 6.49. The summed E-state index contributed by atoms with van der Waals surface area (Å²) in [4.78, 5) is 0. The Bertz CT molecular complexity index is 513. The quantitative estimate of drug-likeness (QED) is 0.368. The molecular formula is C24H44O2Si. The highest BCUT2D eigenvalue weighted by molar-refractivity contribution is 6.82. The summed E-state index contributed by atoms with van der Waals surface area (Å²) in [7, 11) is 1.34. The van der Waals surface area contributed by atoms with Gasteiger partial charge in [0.15, 0.2) is 0 Å². The van der Waals surface area contributed by atoms with E-state index < -0.39 is 8.56 Å². The van der Waals surface area contributed by atoms with Crippen molar-refractivity contribution in [1.82, 2.24) is 0 Å². The summed E-state index contributed by atoms with van der Waals surface area (Å²) < 4.78 is 13.0. The molecule has 0 aromatic heterocycles. The molecule has 0 heterocycles. The van der Waals surface area contributed by atoms with Crippen molar-refractivity contribution in [3.8, 4) is 0 Å². The Balaban J connectivity index is 2.64. The Kier molecular flexibility index (Phi) is 8.39. The molecule has 0 fully saturated rings. The number of hydrogen-bond acceptors (Lipinski definition) is 2. The van der Waals surface area contributed by atoms with Crippen LogP contribution >= 0.6 is 0 Å². The first-order valence-corrected chi connectivity index (χ1v) is 13.4. The van der Waals surface area contributed by atoms with E-state index in [2.05, 4.69) is 41.5 Å².